The van der Waals surface area contributed by atoms with Crippen molar-refractivity contribution in [3.63, 3.8) is 0 Å². The second-order valence-corrected chi connectivity index (χ2v) is 6.58. The minimum Gasteiger partial charge on any atom is -0.477 e. The molecule has 3 saturated carbocycles. The van der Waals surface area contributed by atoms with Gasteiger partial charge in [0.1, 0.15) is 5.69 Å². The van der Waals surface area contributed by atoms with Gasteiger partial charge in [-0.15, -0.1) is 0 Å². The molecule has 4 atom stereocenters. The van der Waals surface area contributed by atoms with Crippen molar-refractivity contribution in [3.8, 4) is 0 Å². The summed E-state index contributed by atoms with van der Waals surface area (Å²) in [6.45, 7) is 0.295. The number of aliphatic hydroxyl groups excluding tert-OH is 1. The van der Waals surface area contributed by atoms with Crippen LogP contribution in [0.2, 0.25) is 0 Å². The number of carbonyl (C=O) groups is 1. The predicted molar refractivity (Wildman–Crippen MR) is 79.2 cm³/mol. The van der Waals surface area contributed by atoms with E-state index in [0.29, 0.717) is 18.4 Å². The fourth-order valence-electron chi connectivity index (χ4n) is 4.47. The highest BCUT2D eigenvalue weighted by Gasteiger charge is 2.41. The molecule has 2 N–H and O–H groups in total. The number of carboxylic acids is 1. The van der Waals surface area contributed by atoms with Crippen LogP contribution in [0.5, 0.6) is 0 Å². The van der Waals surface area contributed by atoms with Gasteiger partial charge >= 0.3 is 5.97 Å². The highest BCUT2D eigenvalue weighted by Crippen LogP contribution is 2.53. The van der Waals surface area contributed by atoms with Gasteiger partial charge < -0.3 is 10.2 Å². The maximum absolute atomic E-state index is 11.1. The Morgan fingerprint density at radius 1 is 1.29 bits per heavy atom. The number of rotatable bonds is 5. The molecule has 3 fully saturated rings. The lowest BCUT2D eigenvalue weighted by atomic mass is 9.57. The Labute approximate surface area is 125 Å². The zero-order chi connectivity index (χ0) is 14.8. The molecule has 4 rings (SSSR count). The first-order valence-corrected chi connectivity index (χ1v) is 7.99. The van der Waals surface area contributed by atoms with Crippen LogP contribution in [0.3, 0.4) is 0 Å². The van der Waals surface area contributed by atoms with E-state index in [-0.39, 0.29) is 5.69 Å². The number of aromatic nitrogens is 1. The second-order valence-electron chi connectivity index (χ2n) is 6.58. The summed E-state index contributed by atoms with van der Waals surface area (Å²) in [5.74, 6) is 1.72. The summed E-state index contributed by atoms with van der Waals surface area (Å²) >= 11 is 0. The third kappa shape index (κ3) is 2.95. The van der Waals surface area contributed by atoms with Crippen molar-refractivity contribution < 1.29 is 15.0 Å². The lowest BCUT2D eigenvalue weighted by Gasteiger charge is -2.48. The number of carboxylic acid groups (broad SMARTS) is 1. The van der Waals surface area contributed by atoms with Gasteiger partial charge in [0.2, 0.25) is 0 Å². The van der Waals surface area contributed by atoms with Gasteiger partial charge in [-0.2, -0.15) is 0 Å². The molecule has 4 unspecified atom stereocenters. The van der Waals surface area contributed by atoms with E-state index in [1.807, 2.05) is 6.07 Å². The van der Waals surface area contributed by atoms with Gasteiger partial charge in [-0.25, -0.2) is 9.78 Å². The highest BCUT2D eigenvalue weighted by molar-refractivity contribution is 5.85. The quantitative estimate of drug-likeness (QED) is 0.874. The molecule has 4 nitrogen and oxygen atoms in total. The summed E-state index contributed by atoms with van der Waals surface area (Å²) in [6.07, 6.45) is 8.65. The summed E-state index contributed by atoms with van der Waals surface area (Å²) in [5, 5.41) is 18.1. The van der Waals surface area contributed by atoms with Gasteiger partial charge in [-0.05, 0) is 79.9 Å². The number of nitrogens with zero attached hydrogens (tertiary/aromatic N) is 1. The van der Waals surface area contributed by atoms with Gasteiger partial charge in [0.25, 0.3) is 0 Å². The second kappa shape index (κ2) is 6.14. The molecule has 1 aromatic heterocycles. The fraction of sp³-hybridized carbons (Fsp3) is 0.647. The maximum atomic E-state index is 11.1. The Morgan fingerprint density at radius 3 is 2.76 bits per heavy atom. The normalized spacial score (nSPS) is 31.3. The van der Waals surface area contributed by atoms with Crippen LogP contribution >= 0.6 is 0 Å². The molecule has 4 heteroatoms. The highest BCUT2D eigenvalue weighted by atomic mass is 16.4. The molecule has 0 amide bonds. The van der Waals surface area contributed by atoms with Gasteiger partial charge in [-0.3, -0.25) is 0 Å². The zero-order valence-corrected chi connectivity index (χ0v) is 12.2. The number of aromatic carboxylic acids is 1. The van der Waals surface area contributed by atoms with E-state index >= 15 is 0 Å². The average Bonchev–Trinajstić information content (AvgIpc) is 2.53. The minimum absolute atomic E-state index is 0.158. The van der Waals surface area contributed by atoms with Gasteiger partial charge in [0.05, 0.1) is 0 Å². The lowest BCUT2D eigenvalue weighted by Crippen LogP contribution is -2.36. The van der Waals surface area contributed by atoms with E-state index in [4.69, 9.17) is 10.2 Å². The van der Waals surface area contributed by atoms with Crippen LogP contribution in [-0.2, 0) is 0 Å². The standard InChI is InChI=1S/C17H23NO3/c19-7-1-2-11-8-13-4-3-12(11)9-15(13)14-5-6-18-16(10-14)17(20)21/h5-6,10-13,15,19H,1-4,7-9H2,(H,20,21). The van der Waals surface area contributed by atoms with Crippen molar-refractivity contribution in [3.05, 3.63) is 29.6 Å². The van der Waals surface area contributed by atoms with Gasteiger partial charge in [0, 0.05) is 12.8 Å². The smallest absolute Gasteiger partial charge is 0.354 e. The van der Waals surface area contributed by atoms with Crippen LogP contribution in [0.25, 0.3) is 0 Å². The van der Waals surface area contributed by atoms with E-state index < -0.39 is 5.97 Å². The molecule has 0 spiro atoms. The molecular formula is C17H23NO3. The van der Waals surface area contributed by atoms with Crippen molar-refractivity contribution in [2.24, 2.45) is 17.8 Å². The molecule has 114 valence electrons. The summed E-state index contributed by atoms with van der Waals surface area (Å²) in [4.78, 5) is 15.0. The molecule has 3 aliphatic rings. The Bertz CT molecular complexity index is 517. The Morgan fingerprint density at radius 2 is 2.10 bits per heavy atom. The Balaban J connectivity index is 1.74. The summed E-state index contributed by atoms with van der Waals surface area (Å²) in [7, 11) is 0. The van der Waals surface area contributed by atoms with E-state index in [9.17, 15) is 4.79 Å². The SMILES string of the molecule is O=C(O)c1cc(C2CC3CCC2CC3CCCO)ccn1. The van der Waals surface area contributed by atoms with Gasteiger partial charge in [-0.1, -0.05) is 0 Å². The van der Waals surface area contributed by atoms with Crippen LogP contribution in [0.15, 0.2) is 18.3 Å². The van der Waals surface area contributed by atoms with Crippen molar-refractivity contribution >= 4 is 5.97 Å². The first kappa shape index (κ1) is 14.5. The summed E-state index contributed by atoms with van der Waals surface area (Å²) in [5.41, 5.74) is 1.31. The molecule has 3 aliphatic carbocycles. The number of aliphatic hydroxyl groups is 1. The van der Waals surface area contributed by atoms with Crippen LogP contribution in [0.1, 0.15) is 60.5 Å². The van der Waals surface area contributed by atoms with Crippen molar-refractivity contribution in [2.45, 2.75) is 44.4 Å². The fourth-order valence-corrected chi connectivity index (χ4v) is 4.47. The summed E-state index contributed by atoms with van der Waals surface area (Å²) in [6, 6.07) is 3.75. The monoisotopic (exact) mass is 289 g/mol. The number of fused-ring (bicyclic) bond motifs is 3. The Hall–Kier alpha value is -1.42. The largest absolute Gasteiger partial charge is 0.477 e. The third-order valence-electron chi connectivity index (χ3n) is 5.47. The molecule has 2 bridgehead atoms. The molecule has 1 heterocycles. The predicted octanol–water partition coefficient (Wildman–Crippen LogP) is 3.07. The lowest BCUT2D eigenvalue weighted by molar-refractivity contribution is 0.0652. The van der Waals surface area contributed by atoms with Crippen LogP contribution in [0.4, 0.5) is 0 Å². The number of hydrogen-bond donors (Lipinski definition) is 2. The zero-order valence-electron chi connectivity index (χ0n) is 12.2. The molecular weight excluding hydrogens is 266 g/mol. The minimum atomic E-state index is -0.946. The van der Waals surface area contributed by atoms with Gasteiger partial charge in [0.15, 0.2) is 0 Å². The van der Waals surface area contributed by atoms with E-state index in [0.717, 1.165) is 30.2 Å². The average molecular weight is 289 g/mol. The maximum Gasteiger partial charge on any atom is 0.354 e. The number of hydrogen-bond acceptors (Lipinski definition) is 3. The number of pyridine rings is 1. The molecule has 1 aromatic rings. The molecule has 0 aromatic carbocycles. The summed E-state index contributed by atoms with van der Waals surface area (Å²) < 4.78 is 0. The first-order valence-electron chi connectivity index (χ1n) is 7.99. The molecule has 21 heavy (non-hydrogen) atoms. The van der Waals surface area contributed by atoms with E-state index in [2.05, 4.69) is 4.98 Å². The third-order valence-corrected chi connectivity index (χ3v) is 5.47. The van der Waals surface area contributed by atoms with Crippen LogP contribution in [-0.4, -0.2) is 27.8 Å². The Kier molecular flexibility index (Phi) is 4.24. The van der Waals surface area contributed by atoms with Crippen molar-refractivity contribution in [2.75, 3.05) is 6.61 Å². The molecule has 0 radical (unpaired) electrons. The first-order chi connectivity index (χ1) is 10.2. The van der Waals surface area contributed by atoms with E-state index in [1.165, 1.54) is 25.7 Å². The topological polar surface area (TPSA) is 70.4 Å². The van der Waals surface area contributed by atoms with E-state index in [1.54, 1.807) is 12.3 Å². The van der Waals surface area contributed by atoms with Crippen molar-refractivity contribution in [1.29, 1.82) is 0 Å². The van der Waals surface area contributed by atoms with Crippen molar-refractivity contribution in [1.82, 2.24) is 4.98 Å². The van der Waals surface area contributed by atoms with Crippen LogP contribution in [0, 0.1) is 17.8 Å². The van der Waals surface area contributed by atoms with Crippen LogP contribution < -0.4 is 0 Å². The molecule has 0 aliphatic heterocycles. The molecule has 0 saturated heterocycles.